The zero-order chi connectivity index (χ0) is 20.6. The second-order valence-electron chi connectivity index (χ2n) is 8.25. The summed E-state index contributed by atoms with van der Waals surface area (Å²) in [6.07, 6.45) is 6.24. The van der Waals surface area contributed by atoms with E-state index in [0.717, 1.165) is 12.1 Å². The molecule has 3 fully saturated rings. The molecule has 2 aliphatic heterocycles. The highest BCUT2D eigenvalue weighted by molar-refractivity contribution is 8.16. The maximum Gasteiger partial charge on any atom is 0.248 e. The number of rotatable bonds is 5. The SMILES string of the molecule is CC(=O)c1ccc(N2C(=NC(=O)CCC3CCCC3)S[C@@H]3CS(=O)(=O)C[C@@H]32)cc1. The van der Waals surface area contributed by atoms with Crippen molar-refractivity contribution in [3.63, 3.8) is 0 Å². The van der Waals surface area contributed by atoms with E-state index in [1.807, 2.05) is 17.0 Å². The Labute approximate surface area is 176 Å². The van der Waals surface area contributed by atoms with E-state index >= 15 is 0 Å². The largest absolute Gasteiger partial charge is 0.316 e. The normalized spacial score (nSPS) is 27.5. The van der Waals surface area contributed by atoms with Crippen LogP contribution in [-0.2, 0) is 14.6 Å². The minimum absolute atomic E-state index is 0.0235. The Kier molecular flexibility index (Phi) is 5.84. The minimum Gasteiger partial charge on any atom is -0.316 e. The first-order valence-corrected chi connectivity index (χ1v) is 12.9. The number of benzene rings is 1. The summed E-state index contributed by atoms with van der Waals surface area (Å²) in [5.74, 6) is 0.654. The number of nitrogens with zero attached hydrogens (tertiary/aromatic N) is 2. The van der Waals surface area contributed by atoms with Gasteiger partial charge in [0.15, 0.2) is 20.8 Å². The van der Waals surface area contributed by atoms with Crippen LogP contribution < -0.4 is 4.90 Å². The van der Waals surface area contributed by atoms with Gasteiger partial charge in [0, 0.05) is 22.9 Å². The third kappa shape index (κ3) is 4.58. The lowest BCUT2D eigenvalue weighted by atomic mass is 10.0. The highest BCUT2D eigenvalue weighted by Crippen LogP contribution is 2.41. The van der Waals surface area contributed by atoms with Crippen LogP contribution in [0.25, 0.3) is 0 Å². The first-order chi connectivity index (χ1) is 13.8. The Morgan fingerprint density at radius 1 is 1.14 bits per heavy atom. The summed E-state index contributed by atoms with van der Waals surface area (Å²) in [7, 11) is -3.10. The molecular weight excluding hydrogens is 408 g/mol. The van der Waals surface area contributed by atoms with Crippen LogP contribution in [0.15, 0.2) is 29.3 Å². The second-order valence-corrected chi connectivity index (χ2v) is 11.6. The van der Waals surface area contributed by atoms with Crippen LogP contribution >= 0.6 is 11.8 Å². The van der Waals surface area contributed by atoms with E-state index < -0.39 is 9.84 Å². The molecule has 2 atom stereocenters. The first kappa shape index (κ1) is 20.6. The molecule has 1 aromatic carbocycles. The van der Waals surface area contributed by atoms with Crippen LogP contribution in [0.5, 0.6) is 0 Å². The number of Topliss-reactive ketones (excluding diaryl/α,β-unsaturated/α-hetero) is 1. The van der Waals surface area contributed by atoms with Gasteiger partial charge < -0.3 is 4.90 Å². The van der Waals surface area contributed by atoms with Gasteiger partial charge in [-0.3, -0.25) is 9.59 Å². The molecule has 0 spiro atoms. The molecule has 0 aromatic heterocycles. The molecule has 1 amide bonds. The van der Waals surface area contributed by atoms with Gasteiger partial charge in [0.2, 0.25) is 5.91 Å². The Hall–Kier alpha value is -1.67. The molecule has 0 unspecified atom stereocenters. The number of thioether (sulfide) groups is 1. The van der Waals surface area contributed by atoms with E-state index in [9.17, 15) is 18.0 Å². The number of hydrogen-bond acceptors (Lipinski definition) is 5. The summed E-state index contributed by atoms with van der Waals surface area (Å²) in [5, 5.41) is 0.468. The van der Waals surface area contributed by atoms with Crippen molar-refractivity contribution in [3.05, 3.63) is 29.8 Å². The predicted octanol–water partition coefficient (Wildman–Crippen LogP) is 3.46. The van der Waals surface area contributed by atoms with Crippen LogP contribution in [-0.4, -0.2) is 48.1 Å². The number of carbonyl (C=O) groups is 2. The lowest BCUT2D eigenvalue weighted by Crippen LogP contribution is -2.37. The maximum absolute atomic E-state index is 12.5. The summed E-state index contributed by atoms with van der Waals surface area (Å²) >= 11 is 1.39. The third-order valence-corrected chi connectivity index (χ3v) is 9.29. The number of carbonyl (C=O) groups excluding carboxylic acids is 2. The zero-order valence-corrected chi connectivity index (χ0v) is 18.2. The number of anilines is 1. The molecule has 1 aromatic rings. The number of sulfone groups is 1. The molecule has 0 bridgehead atoms. The number of ketones is 1. The van der Waals surface area contributed by atoms with Gasteiger partial charge in [-0.1, -0.05) is 37.4 Å². The van der Waals surface area contributed by atoms with Crippen molar-refractivity contribution in [2.24, 2.45) is 10.9 Å². The maximum atomic E-state index is 12.5. The Morgan fingerprint density at radius 2 is 1.83 bits per heavy atom. The van der Waals surface area contributed by atoms with Crippen LogP contribution in [0.1, 0.15) is 55.8 Å². The summed E-state index contributed by atoms with van der Waals surface area (Å²) < 4.78 is 24.3. The Balaban J connectivity index is 1.56. The molecule has 6 nitrogen and oxygen atoms in total. The van der Waals surface area contributed by atoms with Crippen molar-refractivity contribution < 1.29 is 18.0 Å². The van der Waals surface area contributed by atoms with Gasteiger partial charge in [0.25, 0.3) is 0 Å². The standard InChI is InChI=1S/C21H26N2O4S2/c1-14(24)16-7-9-17(10-8-16)23-18-12-29(26,27)13-19(18)28-21(23)22-20(25)11-6-15-4-2-3-5-15/h7-10,15,18-19H,2-6,11-13H2,1H3/t18-,19+/m0/s1. The number of fused-ring (bicyclic) bond motifs is 1. The lowest BCUT2D eigenvalue weighted by molar-refractivity contribution is -0.118. The van der Waals surface area contributed by atoms with Crippen molar-refractivity contribution in [1.29, 1.82) is 0 Å². The van der Waals surface area contributed by atoms with Crippen LogP contribution in [0.2, 0.25) is 0 Å². The smallest absolute Gasteiger partial charge is 0.248 e. The van der Waals surface area contributed by atoms with Crippen molar-refractivity contribution in [2.75, 3.05) is 16.4 Å². The summed E-state index contributed by atoms with van der Waals surface area (Å²) in [6, 6.07) is 6.86. The van der Waals surface area contributed by atoms with E-state index in [-0.39, 0.29) is 34.5 Å². The number of aliphatic imine (C=N–C) groups is 1. The number of hydrogen-bond donors (Lipinski definition) is 0. The first-order valence-electron chi connectivity index (χ1n) is 10.2. The van der Waals surface area contributed by atoms with Gasteiger partial charge in [-0.05, 0) is 43.5 Å². The number of amides is 1. The van der Waals surface area contributed by atoms with Gasteiger partial charge in [-0.15, -0.1) is 0 Å². The molecule has 1 saturated carbocycles. The van der Waals surface area contributed by atoms with Gasteiger partial charge in [-0.2, -0.15) is 4.99 Å². The fourth-order valence-corrected chi connectivity index (χ4v) is 8.44. The second kappa shape index (κ2) is 8.22. The van der Waals surface area contributed by atoms with E-state index in [1.165, 1.54) is 44.4 Å². The highest BCUT2D eigenvalue weighted by Gasteiger charge is 2.49. The molecule has 2 heterocycles. The third-order valence-electron chi connectivity index (χ3n) is 6.08. The number of amidine groups is 1. The molecule has 4 rings (SSSR count). The fraction of sp³-hybridized carbons (Fsp3) is 0.571. The topological polar surface area (TPSA) is 83.9 Å². The Bertz CT molecular complexity index is 934. The van der Waals surface area contributed by atoms with Gasteiger partial charge in [-0.25, -0.2) is 8.42 Å². The summed E-state index contributed by atoms with van der Waals surface area (Å²) in [6.45, 7) is 1.51. The molecule has 29 heavy (non-hydrogen) atoms. The predicted molar refractivity (Wildman–Crippen MR) is 116 cm³/mol. The summed E-state index contributed by atoms with van der Waals surface area (Å²) in [4.78, 5) is 30.4. The molecule has 3 aliphatic rings. The minimum atomic E-state index is -3.10. The quantitative estimate of drug-likeness (QED) is 0.660. The molecule has 0 N–H and O–H groups in total. The average Bonchev–Trinajstić information content (AvgIpc) is 3.34. The average molecular weight is 435 g/mol. The van der Waals surface area contributed by atoms with Gasteiger partial charge in [0.1, 0.15) is 0 Å². The zero-order valence-electron chi connectivity index (χ0n) is 16.5. The van der Waals surface area contributed by atoms with Crippen LogP contribution in [0.3, 0.4) is 0 Å². The van der Waals surface area contributed by atoms with Crippen molar-refractivity contribution >= 4 is 44.1 Å². The van der Waals surface area contributed by atoms with E-state index in [4.69, 9.17) is 0 Å². The van der Waals surface area contributed by atoms with Crippen LogP contribution in [0, 0.1) is 5.92 Å². The Morgan fingerprint density at radius 3 is 2.48 bits per heavy atom. The molecule has 2 saturated heterocycles. The summed E-state index contributed by atoms with van der Waals surface area (Å²) in [5.41, 5.74) is 1.37. The van der Waals surface area contributed by atoms with Crippen LogP contribution in [0.4, 0.5) is 5.69 Å². The molecule has 8 heteroatoms. The monoisotopic (exact) mass is 434 g/mol. The molecule has 1 aliphatic carbocycles. The van der Waals surface area contributed by atoms with Crippen molar-refractivity contribution in [1.82, 2.24) is 0 Å². The van der Waals surface area contributed by atoms with E-state index in [1.54, 1.807) is 12.1 Å². The molecule has 156 valence electrons. The highest BCUT2D eigenvalue weighted by atomic mass is 32.2. The lowest BCUT2D eigenvalue weighted by Gasteiger charge is -2.24. The van der Waals surface area contributed by atoms with E-state index in [2.05, 4.69) is 4.99 Å². The fourth-order valence-electron chi connectivity index (χ4n) is 4.51. The molecular formula is C21H26N2O4S2. The van der Waals surface area contributed by atoms with Gasteiger partial charge >= 0.3 is 0 Å². The van der Waals surface area contributed by atoms with Gasteiger partial charge in [0.05, 0.1) is 17.5 Å². The molecule has 0 radical (unpaired) electrons. The van der Waals surface area contributed by atoms with E-state index in [0.29, 0.717) is 23.1 Å². The van der Waals surface area contributed by atoms with Crippen molar-refractivity contribution in [2.45, 2.75) is 56.7 Å². The van der Waals surface area contributed by atoms with Crippen molar-refractivity contribution in [3.8, 4) is 0 Å².